The molecule has 0 atom stereocenters. The van der Waals surface area contributed by atoms with Crippen molar-refractivity contribution in [1.29, 1.82) is 0 Å². The van der Waals surface area contributed by atoms with Gasteiger partial charge in [0.2, 0.25) is 0 Å². The van der Waals surface area contributed by atoms with Crippen molar-refractivity contribution in [3.63, 3.8) is 0 Å². The minimum absolute atomic E-state index is 0.745. The van der Waals surface area contributed by atoms with E-state index in [1.807, 2.05) is 11.8 Å². The second kappa shape index (κ2) is 6.07. The number of anilines is 2. The van der Waals surface area contributed by atoms with E-state index in [1.54, 1.807) is 6.33 Å². The molecule has 1 aromatic rings. The molecule has 3 N–H and O–H groups in total. The van der Waals surface area contributed by atoms with Gasteiger partial charge in [0.25, 0.3) is 0 Å². The Morgan fingerprint density at radius 2 is 2.29 bits per heavy atom. The SMILES string of the molecule is CCc1c(NN)ncnc1N1CCCSCC1. The lowest BCUT2D eigenvalue weighted by Gasteiger charge is -2.24. The van der Waals surface area contributed by atoms with Crippen molar-refractivity contribution in [3.05, 3.63) is 11.9 Å². The van der Waals surface area contributed by atoms with E-state index in [2.05, 4.69) is 27.2 Å². The highest BCUT2D eigenvalue weighted by Crippen LogP contribution is 2.25. The topological polar surface area (TPSA) is 67.1 Å². The predicted octanol–water partition coefficient (Wildman–Crippen LogP) is 1.27. The van der Waals surface area contributed by atoms with Crippen LogP contribution in [0.3, 0.4) is 0 Å². The van der Waals surface area contributed by atoms with Crippen molar-refractivity contribution in [2.75, 3.05) is 34.9 Å². The highest BCUT2D eigenvalue weighted by molar-refractivity contribution is 7.99. The van der Waals surface area contributed by atoms with Crippen LogP contribution in [0.15, 0.2) is 6.33 Å². The number of thioether (sulfide) groups is 1. The number of hydrogen-bond acceptors (Lipinski definition) is 6. The lowest BCUT2D eigenvalue weighted by Crippen LogP contribution is -2.28. The molecule has 0 radical (unpaired) electrons. The first-order chi connectivity index (χ1) is 8.36. The Morgan fingerprint density at radius 3 is 3.06 bits per heavy atom. The molecule has 0 aliphatic carbocycles. The van der Waals surface area contributed by atoms with Crippen molar-refractivity contribution in [2.24, 2.45) is 5.84 Å². The summed E-state index contributed by atoms with van der Waals surface area (Å²) in [5, 5.41) is 0. The highest BCUT2D eigenvalue weighted by atomic mass is 32.2. The number of nitrogens with zero attached hydrogens (tertiary/aromatic N) is 3. The van der Waals surface area contributed by atoms with Gasteiger partial charge in [-0.05, 0) is 18.6 Å². The van der Waals surface area contributed by atoms with Crippen LogP contribution < -0.4 is 16.2 Å². The predicted molar refractivity (Wildman–Crippen MR) is 73.4 cm³/mol. The van der Waals surface area contributed by atoms with Crippen molar-refractivity contribution in [3.8, 4) is 0 Å². The quantitative estimate of drug-likeness (QED) is 0.624. The summed E-state index contributed by atoms with van der Waals surface area (Å²) < 4.78 is 0. The van der Waals surface area contributed by atoms with Crippen LogP contribution in [-0.2, 0) is 6.42 Å². The van der Waals surface area contributed by atoms with Gasteiger partial charge in [0.15, 0.2) is 0 Å². The van der Waals surface area contributed by atoms with Gasteiger partial charge in [-0.3, -0.25) is 0 Å². The summed E-state index contributed by atoms with van der Waals surface area (Å²) in [4.78, 5) is 10.9. The maximum absolute atomic E-state index is 5.49. The molecule has 1 aliphatic rings. The zero-order valence-corrected chi connectivity index (χ0v) is 11.0. The van der Waals surface area contributed by atoms with Gasteiger partial charge in [0.05, 0.1) is 0 Å². The number of nitrogen functional groups attached to an aromatic ring is 1. The molecule has 1 fully saturated rings. The Morgan fingerprint density at radius 1 is 1.41 bits per heavy atom. The zero-order chi connectivity index (χ0) is 12.1. The molecule has 94 valence electrons. The van der Waals surface area contributed by atoms with Crippen LogP contribution in [-0.4, -0.2) is 34.6 Å². The molecule has 1 aliphatic heterocycles. The first kappa shape index (κ1) is 12.4. The third-order valence-corrected chi connectivity index (χ3v) is 3.98. The highest BCUT2D eigenvalue weighted by Gasteiger charge is 2.17. The molecular weight excluding hydrogens is 234 g/mol. The van der Waals surface area contributed by atoms with Gasteiger partial charge in [0.1, 0.15) is 18.0 Å². The summed E-state index contributed by atoms with van der Waals surface area (Å²) in [6.07, 6.45) is 3.68. The Bertz CT molecular complexity index is 363. The molecule has 6 heteroatoms. The van der Waals surface area contributed by atoms with Gasteiger partial charge < -0.3 is 10.3 Å². The molecular formula is C11H19N5S. The van der Waals surface area contributed by atoms with Crippen LogP contribution >= 0.6 is 11.8 Å². The van der Waals surface area contributed by atoms with Crippen molar-refractivity contribution in [1.82, 2.24) is 9.97 Å². The van der Waals surface area contributed by atoms with E-state index in [0.29, 0.717) is 0 Å². The van der Waals surface area contributed by atoms with E-state index in [1.165, 1.54) is 17.9 Å². The Kier molecular flexibility index (Phi) is 4.44. The number of hydrazine groups is 1. The number of nitrogens with two attached hydrogens (primary N) is 1. The van der Waals surface area contributed by atoms with Gasteiger partial charge in [-0.25, -0.2) is 15.8 Å². The Hall–Kier alpha value is -1.01. The summed E-state index contributed by atoms with van der Waals surface area (Å²) in [6, 6.07) is 0. The average molecular weight is 253 g/mol. The monoisotopic (exact) mass is 253 g/mol. The van der Waals surface area contributed by atoms with Gasteiger partial charge >= 0.3 is 0 Å². The molecule has 0 aromatic carbocycles. The third kappa shape index (κ3) is 2.81. The molecule has 0 saturated carbocycles. The maximum Gasteiger partial charge on any atom is 0.148 e. The smallest absolute Gasteiger partial charge is 0.148 e. The third-order valence-electron chi connectivity index (χ3n) is 2.93. The Balaban J connectivity index is 2.29. The van der Waals surface area contributed by atoms with E-state index < -0.39 is 0 Å². The van der Waals surface area contributed by atoms with Gasteiger partial charge in [-0.1, -0.05) is 6.92 Å². The van der Waals surface area contributed by atoms with Gasteiger partial charge in [-0.2, -0.15) is 11.8 Å². The summed E-state index contributed by atoms with van der Waals surface area (Å²) >= 11 is 2.01. The lowest BCUT2D eigenvalue weighted by atomic mass is 10.2. The zero-order valence-electron chi connectivity index (χ0n) is 10.1. The fourth-order valence-corrected chi connectivity index (χ4v) is 2.97. The molecule has 0 amide bonds. The van der Waals surface area contributed by atoms with E-state index >= 15 is 0 Å². The van der Waals surface area contributed by atoms with Crippen molar-refractivity contribution in [2.45, 2.75) is 19.8 Å². The Labute approximate surface area is 106 Å². The molecule has 17 heavy (non-hydrogen) atoms. The fraction of sp³-hybridized carbons (Fsp3) is 0.636. The molecule has 5 nitrogen and oxygen atoms in total. The molecule has 0 bridgehead atoms. The van der Waals surface area contributed by atoms with E-state index in [-0.39, 0.29) is 0 Å². The first-order valence-electron chi connectivity index (χ1n) is 6.00. The van der Waals surface area contributed by atoms with E-state index in [0.717, 1.165) is 36.7 Å². The van der Waals surface area contributed by atoms with Crippen LogP contribution in [0.4, 0.5) is 11.6 Å². The van der Waals surface area contributed by atoms with Crippen LogP contribution in [0.25, 0.3) is 0 Å². The van der Waals surface area contributed by atoms with Crippen LogP contribution in [0, 0.1) is 0 Å². The number of hydrogen-bond donors (Lipinski definition) is 2. The molecule has 2 heterocycles. The fourth-order valence-electron chi connectivity index (χ4n) is 2.08. The minimum Gasteiger partial charge on any atom is -0.355 e. The lowest BCUT2D eigenvalue weighted by molar-refractivity contribution is 0.789. The van der Waals surface area contributed by atoms with Crippen LogP contribution in [0.2, 0.25) is 0 Å². The average Bonchev–Trinajstić information content (AvgIpc) is 2.66. The summed E-state index contributed by atoms with van der Waals surface area (Å²) in [6.45, 7) is 4.23. The number of nitrogens with one attached hydrogen (secondary N) is 1. The molecule has 2 rings (SSSR count). The minimum atomic E-state index is 0.745. The molecule has 1 saturated heterocycles. The van der Waals surface area contributed by atoms with Crippen LogP contribution in [0.5, 0.6) is 0 Å². The summed E-state index contributed by atoms with van der Waals surface area (Å²) in [5.41, 5.74) is 3.77. The molecule has 0 spiro atoms. The molecule has 1 aromatic heterocycles. The first-order valence-corrected chi connectivity index (χ1v) is 7.15. The van der Waals surface area contributed by atoms with Crippen LogP contribution in [0.1, 0.15) is 18.9 Å². The summed E-state index contributed by atoms with van der Waals surface area (Å²) in [5.74, 6) is 9.68. The molecule has 0 unspecified atom stereocenters. The second-order valence-corrected chi connectivity index (χ2v) is 5.20. The van der Waals surface area contributed by atoms with Crippen molar-refractivity contribution < 1.29 is 0 Å². The standard InChI is InChI=1S/C11H19N5S/c1-2-9-10(15-12)13-8-14-11(9)16-4-3-6-17-7-5-16/h8H,2-7,12H2,1H3,(H,13,14,15). The van der Waals surface area contributed by atoms with Gasteiger partial charge in [-0.15, -0.1) is 0 Å². The summed E-state index contributed by atoms with van der Waals surface area (Å²) in [7, 11) is 0. The van der Waals surface area contributed by atoms with Gasteiger partial charge in [0, 0.05) is 24.4 Å². The number of rotatable bonds is 3. The van der Waals surface area contributed by atoms with Crippen molar-refractivity contribution >= 4 is 23.4 Å². The largest absolute Gasteiger partial charge is 0.355 e. The maximum atomic E-state index is 5.49. The number of aromatic nitrogens is 2. The van der Waals surface area contributed by atoms with E-state index in [4.69, 9.17) is 5.84 Å². The normalized spacial score (nSPS) is 16.7. The van der Waals surface area contributed by atoms with E-state index in [9.17, 15) is 0 Å². The second-order valence-electron chi connectivity index (χ2n) is 3.98.